The van der Waals surface area contributed by atoms with E-state index < -0.39 is 11.3 Å². The van der Waals surface area contributed by atoms with Crippen LogP contribution in [0.3, 0.4) is 0 Å². The van der Waals surface area contributed by atoms with Crippen molar-refractivity contribution in [2.45, 2.75) is 24.0 Å². The second-order valence-electron chi connectivity index (χ2n) is 3.54. The summed E-state index contributed by atoms with van der Waals surface area (Å²) in [4.78, 5) is 23.7. The number of thioether (sulfide) groups is 1. The molecule has 4 nitrogen and oxygen atoms in total. The smallest absolute Gasteiger partial charge is 0.321 e. The van der Waals surface area contributed by atoms with Crippen LogP contribution < -0.4 is 10.6 Å². The second kappa shape index (κ2) is 7.28. The lowest BCUT2D eigenvalue weighted by Crippen LogP contribution is -2.42. The summed E-state index contributed by atoms with van der Waals surface area (Å²) in [6.45, 7) is 3.99. The van der Waals surface area contributed by atoms with Crippen molar-refractivity contribution in [2.24, 2.45) is 0 Å². The van der Waals surface area contributed by atoms with E-state index in [1.165, 1.54) is 11.8 Å². The molecule has 1 aromatic carbocycles. The summed E-state index contributed by atoms with van der Waals surface area (Å²) < 4.78 is 0. The van der Waals surface area contributed by atoms with Crippen LogP contribution in [0.5, 0.6) is 0 Å². The average Bonchev–Trinajstić information content (AvgIpc) is 2.32. The van der Waals surface area contributed by atoms with Crippen LogP contribution in [-0.2, 0) is 4.79 Å². The van der Waals surface area contributed by atoms with E-state index in [4.69, 9.17) is 11.6 Å². The van der Waals surface area contributed by atoms with Gasteiger partial charge in [-0.1, -0.05) is 23.7 Å². The topological polar surface area (TPSA) is 58.2 Å². The largest absolute Gasteiger partial charge is 0.338 e. The standard InChI is InChI=1S/C12H15ClN2O2S/c1-3-14-12(17)15-11(16)8(2)18-10-7-5-4-6-9(10)13/h4-8H,3H2,1-2H3,(H2,14,15,16,17). The van der Waals surface area contributed by atoms with E-state index in [0.717, 1.165) is 4.90 Å². The van der Waals surface area contributed by atoms with Gasteiger partial charge in [0.15, 0.2) is 0 Å². The van der Waals surface area contributed by atoms with Crippen LogP contribution in [0.15, 0.2) is 29.2 Å². The SMILES string of the molecule is CCNC(=O)NC(=O)C(C)Sc1ccccc1Cl. The highest BCUT2D eigenvalue weighted by atomic mass is 35.5. The third-order valence-corrected chi connectivity index (χ3v) is 3.70. The number of nitrogens with one attached hydrogen (secondary N) is 2. The van der Waals surface area contributed by atoms with E-state index >= 15 is 0 Å². The monoisotopic (exact) mass is 286 g/mol. The lowest BCUT2D eigenvalue weighted by molar-refractivity contribution is -0.119. The van der Waals surface area contributed by atoms with Gasteiger partial charge in [-0.05, 0) is 26.0 Å². The minimum absolute atomic E-state index is 0.342. The van der Waals surface area contributed by atoms with Gasteiger partial charge in [-0.15, -0.1) is 11.8 Å². The Morgan fingerprint density at radius 3 is 2.67 bits per heavy atom. The highest BCUT2D eigenvalue weighted by Crippen LogP contribution is 2.29. The molecule has 3 amide bonds. The Morgan fingerprint density at radius 1 is 1.39 bits per heavy atom. The molecule has 1 unspecified atom stereocenters. The fourth-order valence-electron chi connectivity index (χ4n) is 1.20. The van der Waals surface area contributed by atoms with Gasteiger partial charge >= 0.3 is 6.03 Å². The van der Waals surface area contributed by atoms with Gasteiger partial charge in [0.2, 0.25) is 5.91 Å². The molecule has 0 saturated carbocycles. The molecule has 0 fully saturated rings. The molecule has 6 heteroatoms. The number of carbonyl (C=O) groups excluding carboxylic acids is 2. The lowest BCUT2D eigenvalue weighted by Gasteiger charge is -2.12. The zero-order valence-electron chi connectivity index (χ0n) is 10.2. The molecule has 0 radical (unpaired) electrons. The summed E-state index contributed by atoms with van der Waals surface area (Å²) >= 11 is 7.31. The van der Waals surface area contributed by atoms with Crippen molar-refractivity contribution in [3.63, 3.8) is 0 Å². The van der Waals surface area contributed by atoms with Gasteiger partial charge in [-0.25, -0.2) is 4.79 Å². The molecule has 0 heterocycles. The summed E-state index contributed by atoms with van der Waals surface area (Å²) in [5.74, 6) is -0.342. The molecule has 0 aromatic heterocycles. The zero-order valence-corrected chi connectivity index (χ0v) is 11.8. The van der Waals surface area contributed by atoms with Crippen molar-refractivity contribution in [1.82, 2.24) is 10.6 Å². The Hall–Kier alpha value is -1.20. The van der Waals surface area contributed by atoms with Crippen LogP contribution >= 0.6 is 23.4 Å². The Balaban J connectivity index is 2.55. The number of hydrogen-bond acceptors (Lipinski definition) is 3. The molecule has 18 heavy (non-hydrogen) atoms. The van der Waals surface area contributed by atoms with Crippen LogP contribution in [-0.4, -0.2) is 23.7 Å². The summed E-state index contributed by atoms with van der Waals surface area (Å²) in [6, 6.07) is 6.80. The molecule has 1 atom stereocenters. The van der Waals surface area contributed by atoms with Crippen molar-refractivity contribution in [2.75, 3.05) is 6.54 Å². The Bertz CT molecular complexity index is 440. The summed E-state index contributed by atoms with van der Waals surface area (Å²) in [6.07, 6.45) is 0. The fourth-order valence-corrected chi connectivity index (χ4v) is 2.36. The van der Waals surface area contributed by atoms with E-state index in [-0.39, 0.29) is 5.91 Å². The van der Waals surface area contributed by atoms with E-state index in [1.807, 2.05) is 18.2 Å². The van der Waals surface area contributed by atoms with Crippen LogP contribution in [0.25, 0.3) is 0 Å². The maximum Gasteiger partial charge on any atom is 0.321 e. The number of carbonyl (C=O) groups is 2. The summed E-state index contributed by atoms with van der Waals surface area (Å²) in [7, 11) is 0. The number of rotatable bonds is 4. The van der Waals surface area contributed by atoms with Gasteiger partial charge in [0.05, 0.1) is 10.3 Å². The quantitative estimate of drug-likeness (QED) is 0.837. The molecule has 0 bridgehead atoms. The molecular weight excluding hydrogens is 272 g/mol. The first-order valence-electron chi connectivity index (χ1n) is 5.54. The number of halogens is 1. The van der Waals surface area contributed by atoms with Gasteiger partial charge in [0.25, 0.3) is 0 Å². The van der Waals surface area contributed by atoms with Crippen molar-refractivity contribution in [1.29, 1.82) is 0 Å². The van der Waals surface area contributed by atoms with Crippen molar-refractivity contribution in [3.05, 3.63) is 29.3 Å². The van der Waals surface area contributed by atoms with Crippen molar-refractivity contribution < 1.29 is 9.59 Å². The molecule has 98 valence electrons. The van der Waals surface area contributed by atoms with E-state index in [9.17, 15) is 9.59 Å². The third kappa shape index (κ3) is 4.58. The van der Waals surface area contributed by atoms with E-state index in [1.54, 1.807) is 19.9 Å². The predicted molar refractivity (Wildman–Crippen MR) is 74.0 cm³/mol. The third-order valence-electron chi connectivity index (χ3n) is 2.08. The van der Waals surface area contributed by atoms with E-state index in [0.29, 0.717) is 11.6 Å². The number of amides is 3. The highest BCUT2D eigenvalue weighted by molar-refractivity contribution is 8.00. The maximum atomic E-state index is 11.7. The molecule has 0 spiro atoms. The van der Waals surface area contributed by atoms with Crippen LogP contribution in [0.4, 0.5) is 4.79 Å². The molecule has 0 aliphatic carbocycles. The molecule has 1 rings (SSSR count). The highest BCUT2D eigenvalue weighted by Gasteiger charge is 2.17. The van der Waals surface area contributed by atoms with Crippen LogP contribution in [0.2, 0.25) is 5.02 Å². The van der Waals surface area contributed by atoms with Gasteiger partial charge in [-0.3, -0.25) is 10.1 Å². The molecule has 0 aliphatic rings. The second-order valence-corrected chi connectivity index (χ2v) is 5.33. The Morgan fingerprint density at radius 2 is 2.06 bits per heavy atom. The van der Waals surface area contributed by atoms with Gasteiger partial charge in [-0.2, -0.15) is 0 Å². The molecule has 0 saturated heterocycles. The van der Waals surface area contributed by atoms with Crippen LogP contribution in [0, 0.1) is 0 Å². The lowest BCUT2D eigenvalue weighted by atomic mass is 10.4. The van der Waals surface area contributed by atoms with Gasteiger partial charge < -0.3 is 5.32 Å². The van der Waals surface area contributed by atoms with Crippen molar-refractivity contribution >= 4 is 35.3 Å². The van der Waals surface area contributed by atoms with Crippen LogP contribution in [0.1, 0.15) is 13.8 Å². The van der Waals surface area contributed by atoms with Crippen molar-refractivity contribution in [3.8, 4) is 0 Å². The number of benzene rings is 1. The van der Waals surface area contributed by atoms with Gasteiger partial charge in [0.1, 0.15) is 0 Å². The fraction of sp³-hybridized carbons (Fsp3) is 0.333. The zero-order chi connectivity index (χ0) is 13.5. The normalized spacial score (nSPS) is 11.7. The Labute approximate surface area is 115 Å². The van der Waals surface area contributed by atoms with E-state index in [2.05, 4.69) is 10.6 Å². The first-order valence-corrected chi connectivity index (χ1v) is 6.80. The minimum atomic E-state index is -0.478. The average molecular weight is 287 g/mol. The van der Waals surface area contributed by atoms with Gasteiger partial charge in [0, 0.05) is 11.4 Å². The first-order chi connectivity index (χ1) is 8.54. The molecular formula is C12H15ClN2O2S. The number of imide groups is 1. The predicted octanol–water partition coefficient (Wildman–Crippen LogP) is 2.67. The molecule has 1 aromatic rings. The number of urea groups is 1. The summed E-state index contributed by atoms with van der Waals surface area (Å²) in [5, 5.41) is 4.97. The molecule has 0 aliphatic heterocycles. The Kier molecular flexibility index (Phi) is 6.01. The minimum Gasteiger partial charge on any atom is -0.338 e. The molecule has 2 N–H and O–H groups in total. The number of hydrogen-bond donors (Lipinski definition) is 2. The first kappa shape index (κ1) is 14.9. The summed E-state index contributed by atoms with van der Waals surface area (Å²) in [5.41, 5.74) is 0. The maximum absolute atomic E-state index is 11.7.